The van der Waals surface area contributed by atoms with Crippen molar-refractivity contribution in [2.75, 3.05) is 46.9 Å². The third-order valence-electron chi connectivity index (χ3n) is 8.83. The van der Waals surface area contributed by atoms with Gasteiger partial charge in [0, 0.05) is 44.7 Å². The summed E-state index contributed by atoms with van der Waals surface area (Å²) in [6.45, 7) is 2.99. The summed E-state index contributed by atoms with van der Waals surface area (Å²) in [5.74, 6) is 0.414. The summed E-state index contributed by atoms with van der Waals surface area (Å²) in [5, 5.41) is 11.1. The second kappa shape index (κ2) is 8.51. The minimum atomic E-state index is -0.853. The Morgan fingerprint density at radius 1 is 1.12 bits per heavy atom. The monoisotopic (exact) mass is 459 g/mol. The van der Waals surface area contributed by atoms with Gasteiger partial charge in [0.25, 0.3) is 0 Å². The molecule has 4 fully saturated rings. The maximum atomic E-state index is 14.1. The van der Waals surface area contributed by atoms with Crippen molar-refractivity contribution in [3.05, 3.63) is 35.6 Å². The molecule has 2 saturated carbocycles. The molecular weight excluding hydrogens is 421 g/mol. The van der Waals surface area contributed by atoms with Crippen LogP contribution in [0.15, 0.2) is 24.3 Å². The molecular formula is C26H38FN3O3. The predicted octanol–water partition coefficient (Wildman–Crippen LogP) is 3.58. The Kier molecular flexibility index (Phi) is 5.94. The highest BCUT2D eigenvalue weighted by Gasteiger charge is 2.56. The second-order valence-electron chi connectivity index (χ2n) is 11.2. The standard InChI is InChI=1S/C26H38FN3O3/c1-28(2)26(21-4-3-5-22(27)16-21)10-8-24(9-11-26)18-29(19-25(32)12-14-33-15-13-25)23(31)30(24)17-20-6-7-20/h3-5,16,20,32H,6-15,17-19H2,1-2H3/t24-,26-. The van der Waals surface area contributed by atoms with Crippen molar-refractivity contribution in [2.45, 2.75) is 68.0 Å². The van der Waals surface area contributed by atoms with Crippen LogP contribution in [0.1, 0.15) is 56.9 Å². The molecule has 1 N–H and O–H groups in total. The minimum absolute atomic E-state index is 0.0879. The number of halogens is 1. The van der Waals surface area contributed by atoms with Crippen molar-refractivity contribution in [2.24, 2.45) is 5.92 Å². The van der Waals surface area contributed by atoms with E-state index < -0.39 is 5.60 Å². The number of aliphatic hydroxyl groups is 1. The molecule has 6 nitrogen and oxygen atoms in total. The number of hydrogen-bond donors (Lipinski definition) is 1. The van der Waals surface area contributed by atoms with Crippen LogP contribution in [0.3, 0.4) is 0 Å². The number of rotatable bonds is 6. The Bertz CT molecular complexity index is 873. The van der Waals surface area contributed by atoms with E-state index in [9.17, 15) is 14.3 Å². The van der Waals surface area contributed by atoms with Crippen LogP contribution in [-0.2, 0) is 10.3 Å². The van der Waals surface area contributed by atoms with Crippen molar-refractivity contribution in [1.82, 2.24) is 14.7 Å². The zero-order chi connectivity index (χ0) is 23.3. The molecule has 182 valence electrons. The fraction of sp³-hybridized carbons (Fsp3) is 0.731. The number of β-amino-alcohol motifs (C(OH)–C–C–N with tert-alkyl or cyclic N) is 1. The molecule has 1 spiro atoms. The fourth-order valence-corrected chi connectivity index (χ4v) is 6.43. The Hall–Kier alpha value is -1.70. The Morgan fingerprint density at radius 3 is 2.42 bits per heavy atom. The lowest BCUT2D eigenvalue weighted by Gasteiger charge is -2.51. The van der Waals surface area contributed by atoms with Crippen LogP contribution in [0.25, 0.3) is 0 Å². The van der Waals surface area contributed by atoms with Gasteiger partial charge >= 0.3 is 6.03 Å². The van der Waals surface area contributed by atoms with E-state index in [0.29, 0.717) is 45.1 Å². The summed E-state index contributed by atoms with van der Waals surface area (Å²) in [7, 11) is 4.16. The van der Waals surface area contributed by atoms with E-state index in [1.54, 1.807) is 12.1 Å². The van der Waals surface area contributed by atoms with Gasteiger partial charge < -0.3 is 19.6 Å². The molecule has 2 saturated heterocycles. The van der Waals surface area contributed by atoms with Gasteiger partial charge in [-0.1, -0.05) is 12.1 Å². The smallest absolute Gasteiger partial charge is 0.320 e. The molecule has 2 aliphatic carbocycles. The van der Waals surface area contributed by atoms with Gasteiger partial charge in [0.05, 0.1) is 17.7 Å². The average molecular weight is 460 g/mol. The van der Waals surface area contributed by atoms with Crippen LogP contribution >= 0.6 is 0 Å². The van der Waals surface area contributed by atoms with Gasteiger partial charge in [-0.05, 0) is 76.2 Å². The van der Waals surface area contributed by atoms with Gasteiger partial charge in [0.15, 0.2) is 0 Å². The van der Waals surface area contributed by atoms with Gasteiger partial charge in [-0.25, -0.2) is 9.18 Å². The van der Waals surface area contributed by atoms with E-state index in [4.69, 9.17) is 4.74 Å². The minimum Gasteiger partial charge on any atom is -0.388 e. The Morgan fingerprint density at radius 2 is 1.82 bits per heavy atom. The number of urea groups is 1. The first-order valence-corrected chi connectivity index (χ1v) is 12.6. The molecule has 2 heterocycles. The topological polar surface area (TPSA) is 56.2 Å². The summed E-state index contributed by atoms with van der Waals surface area (Å²) in [4.78, 5) is 19.9. The molecule has 1 aromatic rings. The number of hydrogen-bond acceptors (Lipinski definition) is 4. The maximum Gasteiger partial charge on any atom is 0.320 e. The van der Waals surface area contributed by atoms with Gasteiger partial charge in [0.1, 0.15) is 5.82 Å². The third kappa shape index (κ3) is 4.28. The number of nitrogens with zero attached hydrogens (tertiary/aromatic N) is 3. The van der Waals surface area contributed by atoms with Crippen molar-refractivity contribution in [1.29, 1.82) is 0 Å². The summed E-state index contributed by atoms with van der Waals surface area (Å²) < 4.78 is 19.6. The third-order valence-corrected chi connectivity index (χ3v) is 8.83. The summed E-state index contributed by atoms with van der Waals surface area (Å²) >= 11 is 0. The molecule has 0 bridgehead atoms. The molecule has 1 aromatic carbocycles. The van der Waals surface area contributed by atoms with E-state index in [-0.39, 0.29) is 22.9 Å². The van der Waals surface area contributed by atoms with Crippen LogP contribution in [0.4, 0.5) is 9.18 Å². The van der Waals surface area contributed by atoms with Crippen LogP contribution < -0.4 is 0 Å². The van der Waals surface area contributed by atoms with Gasteiger partial charge in [0.2, 0.25) is 0 Å². The van der Waals surface area contributed by atoms with Crippen molar-refractivity contribution >= 4 is 6.03 Å². The Balaban J connectivity index is 1.38. The first-order chi connectivity index (χ1) is 15.8. The van der Waals surface area contributed by atoms with E-state index >= 15 is 0 Å². The lowest BCUT2D eigenvalue weighted by molar-refractivity contribution is -0.0739. The van der Waals surface area contributed by atoms with Crippen LogP contribution in [0.2, 0.25) is 0 Å². The summed E-state index contributed by atoms with van der Waals surface area (Å²) in [5.41, 5.74) is -0.259. The van der Waals surface area contributed by atoms with Gasteiger partial charge in [-0.15, -0.1) is 0 Å². The highest BCUT2D eigenvalue weighted by atomic mass is 19.1. The fourth-order valence-electron chi connectivity index (χ4n) is 6.43. The lowest BCUT2D eigenvalue weighted by atomic mass is 9.68. The highest BCUT2D eigenvalue weighted by molar-refractivity contribution is 5.78. The van der Waals surface area contributed by atoms with Crippen LogP contribution in [0.5, 0.6) is 0 Å². The molecule has 0 atom stereocenters. The number of carbonyl (C=O) groups is 1. The van der Waals surface area contributed by atoms with Gasteiger partial charge in [-0.2, -0.15) is 0 Å². The molecule has 0 aromatic heterocycles. The summed E-state index contributed by atoms with van der Waals surface area (Å²) in [6, 6.07) is 7.10. The molecule has 2 aliphatic heterocycles. The van der Waals surface area contributed by atoms with Crippen LogP contribution in [-0.4, -0.2) is 83.9 Å². The molecule has 5 rings (SSSR count). The predicted molar refractivity (Wildman–Crippen MR) is 124 cm³/mol. The average Bonchev–Trinajstić information content (AvgIpc) is 3.58. The van der Waals surface area contributed by atoms with Crippen molar-refractivity contribution < 1.29 is 19.0 Å². The Labute approximate surface area is 196 Å². The number of carbonyl (C=O) groups excluding carboxylic acids is 1. The number of ether oxygens (including phenoxy) is 1. The molecule has 7 heteroatoms. The van der Waals surface area contributed by atoms with Gasteiger partial charge in [-0.3, -0.25) is 4.90 Å². The molecule has 0 unspecified atom stereocenters. The van der Waals surface area contributed by atoms with E-state index in [1.807, 2.05) is 11.0 Å². The van der Waals surface area contributed by atoms with Crippen molar-refractivity contribution in [3.8, 4) is 0 Å². The van der Waals surface area contributed by atoms with Crippen molar-refractivity contribution in [3.63, 3.8) is 0 Å². The lowest BCUT2D eigenvalue weighted by Crippen LogP contribution is -2.55. The molecule has 4 aliphatic rings. The number of benzene rings is 1. The quantitative estimate of drug-likeness (QED) is 0.707. The molecule has 0 radical (unpaired) electrons. The normalized spacial score (nSPS) is 32.2. The maximum absolute atomic E-state index is 14.1. The number of amides is 2. The first kappa shape index (κ1) is 23.1. The SMILES string of the molecule is CN(C)[C@]1(c2cccc(F)c2)CC[C@@]2(CC1)CN(CC1(O)CCOCC1)C(=O)N2CC1CC1. The largest absolute Gasteiger partial charge is 0.388 e. The second-order valence-corrected chi connectivity index (χ2v) is 11.2. The van der Waals surface area contributed by atoms with Crippen LogP contribution in [0, 0.1) is 11.7 Å². The van der Waals surface area contributed by atoms with E-state index in [0.717, 1.165) is 37.8 Å². The highest BCUT2D eigenvalue weighted by Crippen LogP contribution is 2.50. The zero-order valence-electron chi connectivity index (χ0n) is 20.1. The van der Waals surface area contributed by atoms with E-state index in [2.05, 4.69) is 23.9 Å². The zero-order valence-corrected chi connectivity index (χ0v) is 20.1. The molecule has 33 heavy (non-hydrogen) atoms. The van der Waals surface area contributed by atoms with E-state index in [1.165, 1.54) is 18.9 Å². The molecule has 2 amide bonds. The summed E-state index contributed by atoms with van der Waals surface area (Å²) in [6.07, 6.45) is 7.09. The first-order valence-electron chi connectivity index (χ1n) is 12.6.